The van der Waals surface area contributed by atoms with Crippen molar-refractivity contribution in [2.24, 2.45) is 5.92 Å². The van der Waals surface area contributed by atoms with E-state index in [1.807, 2.05) is 14.0 Å². The summed E-state index contributed by atoms with van der Waals surface area (Å²) < 4.78 is 0. The van der Waals surface area contributed by atoms with E-state index in [2.05, 4.69) is 26.1 Å². The van der Waals surface area contributed by atoms with Crippen LogP contribution >= 0.6 is 0 Å². The van der Waals surface area contributed by atoms with E-state index < -0.39 is 0 Å². The Balaban J connectivity index is 3.65. The van der Waals surface area contributed by atoms with E-state index in [1.54, 1.807) is 4.90 Å². The first-order chi connectivity index (χ1) is 7.02. The van der Waals surface area contributed by atoms with Crippen LogP contribution in [0, 0.1) is 5.92 Å². The summed E-state index contributed by atoms with van der Waals surface area (Å²) in [4.78, 5) is 13.2. The van der Waals surface area contributed by atoms with E-state index in [0.29, 0.717) is 18.4 Å². The Morgan fingerprint density at radius 1 is 1.33 bits per heavy atom. The van der Waals surface area contributed by atoms with Crippen molar-refractivity contribution in [3.8, 4) is 0 Å². The van der Waals surface area contributed by atoms with Gasteiger partial charge in [-0.15, -0.1) is 0 Å². The van der Waals surface area contributed by atoms with Gasteiger partial charge in [0.2, 0.25) is 5.91 Å². The van der Waals surface area contributed by atoms with E-state index in [0.717, 1.165) is 13.1 Å². The Morgan fingerprint density at radius 3 is 2.40 bits per heavy atom. The average Bonchev–Trinajstić information content (AvgIpc) is 2.26. The van der Waals surface area contributed by atoms with Crippen LogP contribution in [0.15, 0.2) is 0 Å². The zero-order chi connectivity index (χ0) is 11.8. The van der Waals surface area contributed by atoms with Gasteiger partial charge in [0.1, 0.15) is 0 Å². The van der Waals surface area contributed by atoms with Gasteiger partial charge in [-0.05, 0) is 19.8 Å². The number of nitrogens with zero attached hydrogens (tertiary/aromatic N) is 1. The molecule has 0 rings (SSSR count). The molecule has 3 heteroatoms. The lowest BCUT2D eigenvalue weighted by Gasteiger charge is -2.20. The molecule has 2 atom stereocenters. The SMILES string of the molecule is CCC(C)C(C)NCCC(=O)N(C)CC. The minimum absolute atomic E-state index is 0.223. The van der Waals surface area contributed by atoms with Gasteiger partial charge in [-0.2, -0.15) is 0 Å². The average molecular weight is 214 g/mol. The van der Waals surface area contributed by atoms with Crippen LogP contribution in [0.25, 0.3) is 0 Å². The molecule has 0 aliphatic heterocycles. The lowest BCUT2D eigenvalue weighted by Crippen LogP contribution is -2.35. The molecule has 0 saturated carbocycles. The van der Waals surface area contributed by atoms with Gasteiger partial charge in [0, 0.05) is 32.6 Å². The Hall–Kier alpha value is -0.570. The van der Waals surface area contributed by atoms with Crippen LogP contribution in [-0.4, -0.2) is 37.0 Å². The fourth-order valence-electron chi connectivity index (χ4n) is 1.33. The first-order valence-electron chi connectivity index (χ1n) is 6.00. The monoisotopic (exact) mass is 214 g/mol. The van der Waals surface area contributed by atoms with Crippen molar-refractivity contribution in [3.05, 3.63) is 0 Å². The molecule has 0 aliphatic rings. The van der Waals surface area contributed by atoms with Crippen molar-refractivity contribution < 1.29 is 4.79 Å². The summed E-state index contributed by atoms with van der Waals surface area (Å²) >= 11 is 0. The number of carbonyl (C=O) groups excluding carboxylic acids is 1. The molecule has 0 spiro atoms. The summed E-state index contributed by atoms with van der Waals surface area (Å²) in [6, 6.07) is 0.495. The second-order valence-electron chi connectivity index (χ2n) is 4.29. The van der Waals surface area contributed by atoms with E-state index in [-0.39, 0.29) is 5.91 Å². The van der Waals surface area contributed by atoms with Crippen molar-refractivity contribution >= 4 is 5.91 Å². The molecule has 1 N–H and O–H groups in total. The molecule has 0 fully saturated rings. The van der Waals surface area contributed by atoms with E-state index in [1.165, 1.54) is 6.42 Å². The van der Waals surface area contributed by atoms with Crippen LogP contribution in [0.4, 0.5) is 0 Å². The van der Waals surface area contributed by atoms with Gasteiger partial charge >= 0.3 is 0 Å². The highest BCUT2D eigenvalue weighted by Gasteiger charge is 2.10. The van der Waals surface area contributed by atoms with Crippen LogP contribution in [0.3, 0.4) is 0 Å². The molecule has 0 aromatic carbocycles. The molecule has 0 heterocycles. The molecule has 0 aliphatic carbocycles. The first kappa shape index (κ1) is 14.4. The zero-order valence-electron chi connectivity index (χ0n) is 10.8. The summed E-state index contributed by atoms with van der Waals surface area (Å²) in [6.07, 6.45) is 1.78. The largest absolute Gasteiger partial charge is 0.346 e. The summed E-state index contributed by atoms with van der Waals surface area (Å²) in [5.41, 5.74) is 0. The predicted molar refractivity (Wildman–Crippen MR) is 64.8 cm³/mol. The molecule has 2 unspecified atom stereocenters. The Morgan fingerprint density at radius 2 is 1.93 bits per heavy atom. The summed E-state index contributed by atoms with van der Waals surface area (Å²) in [5, 5.41) is 3.40. The van der Waals surface area contributed by atoms with Crippen LogP contribution in [0.1, 0.15) is 40.5 Å². The van der Waals surface area contributed by atoms with Gasteiger partial charge in [0.25, 0.3) is 0 Å². The standard InChI is InChI=1S/C12H26N2O/c1-6-10(3)11(4)13-9-8-12(15)14(5)7-2/h10-11,13H,6-9H2,1-5H3. The molecule has 90 valence electrons. The van der Waals surface area contributed by atoms with Crippen molar-refractivity contribution in [2.75, 3.05) is 20.1 Å². The lowest BCUT2D eigenvalue weighted by atomic mass is 10.0. The number of hydrogen-bond acceptors (Lipinski definition) is 2. The van der Waals surface area contributed by atoms with Gasteiger partial charge in [-0.3, -0.25) is 4.79 Å². The summed E-state index contributed by atoms with van der Waals surface area (Å²) in [5.74, 6) is 0.894. The minimum atomic E-state index is 0.223. The molecule has 0 radical (unpaired) electrons. The second-order valence-corrected chi connectivity index (χ2v) is 4.29. The fourth-order valence-corrected chi connectivity index (χ4v) is 1.33. The molecule has 3 nitrogen and oxygen atoms in total. The summed E-state index contributed by atoms with van der Waals surface area (Å²) in [7, 11) is 1.85. The normalized spacial score (nSPS) is 14.7. The van der Waals surface area contributed by atoms with Crippen molar-refractivity contribution in [3.63, 3.8) is 0 Å². The number of rotatable bonds is 7. The predicted octanol–water partition coefficient (Wildman–Crippen LogP) is 1.88. The van der Waals surface area contributed by atoms with E-state index >= 15 is 0 Å². The quantitative estimate of drug-likeness (QED) is 0.702. The first-order valence-corrected chi connectivity index (χ1v) is 6.00. The Kier molecular flexibility index (Phi) is 7.39. The molecular weight excluding hydrogens is 188 g/mol. The van der Waals surface area contributed by atoms with Crippen molar-refractivity contribution in [2.45, 2.75) is 46.6 Å². The van der Waals surface area contributed by atoms with E-state index in [4.69, 9.17) is 0 Å². The van der Waals surface area contributed by atoms with Crippen LogP contribution in [0.5, 0.6) is 0 Å². The zero-order valence-corrected chi connectivity index (χ0v) is 10.8. The molecule has 0 aromatic heterocycles. The van der Waals surface area contributed by atoms with Crippen LogP contribution in [-0.2, 0) is 4.79 Å². The molecule has 0 aromatic rings. The van der Waals surface area contributed by atoms with E-state index in [9.17, 15) is 4.79 Å². The number of hydrogen-bond donors (Lipinski definition) is 1. The summed E-state index contributed by atoms with van der Waals surface area (Å²) in [6.45, 7) is 10.2. The maximum atomic E-state index is 11.5. The van der Waals surface area contributed by atoms with Crippen molar-refractivity contribution in [1.29, 1.82) is 0 Å². The number of nitrogens with one attached hydrogen (secondary N) is 1. The highest BCUT2D eigenvalue weighted by atomic mass is 16.2. The molecule has 1 amide bonds. The Labute approximate surface area is 94.2 Å². The fraction of sp³-hybridized carbons (Fsp3) is 0.917. The number of amides is 1. The van der Waals surface area contributed by atoms with Gasteiger partial charge < -0.3 is 10.2 Å². The molecule has 15 heavy (non-hydrogen) atoms. The van der Waals surface area contributed by atoms with Crippen LogP contribution in [0.2, 0.25) is 0 Å². The van der Waals surface area contributed by atoms with Gasteiger partial charge in [0.15, 0.2) is 0 Å². The van der Waals surface area contributed by atoms with Gasteiger partial charge in [0.05, 0.1) is 0 Å². The third kappa shape index (κ3) is 5.78. The number of carbonyl (C=O) groups is 1. The maximum Gasteiger partial charge on any atom is 0.223 e. The molecular formula is C12H26N2O. The molecule has 0 saturated heterocycles. The highest BCUT2D eigenvalue weighted by molar-refractivity contribution is 5.75. The minimum Gasteiger partial charge on any atom is -0.346 e. The van der Waals surface area contributed by atoms with Gasteiger partial charge in [-0.1, -0.05) is 20.3 Å². The molecule has 0 bridgehead atoms. The lowest BCUT2D eigenvalue weighted by molar-refractivity contribution is -0.129. The van der Waals surface area contributed by atoms with Crippen molar-refractivity contribution in [1.82, 2.24) is 10.2 Å². The second kappa shape index (κ2) is 7.69. The van der Waals surface area contributed by atoms with Gasteiger partial charge in [-0.25, -0.2) is 0 Å². The highest BCUT2D eigenvalue weighted by Crippen LogP contribution is 2.06. The smallest absolute Gasteiger partial charge is 0.223 e. The Bertz CT molecular complexity index is 182. The third-order valence-electron chi connectivity index (χ3n) is 3.20. The van der Waals surface area contributed by atoms with Crippen LogP contribution < -0.4 is 5.32 Å². The third-order valence-corrected chi connectivity index (χ3v) is 3.20. The maximum absolute atomic E-state index is 11.5. The topological polar surface area (TPSA) is 32.3 Å².